The van der Waals surface area contributed by atoms with Gasteiger partial charge >= 0.3 is 5.97 Å². The van der Waals surface area contributed by atoms with Gasteiger partial charge in [0.25, 0.3) is 0 Å². The van der Waals surface area contributed by atoms with Crippen LogP contribution >= 0.6 is 0 Å². The molecule has 6 nitrogen and oxygen atoms in total. The Kier molecular flexibility index (Phi) is 4.97. The maximum absolute atomic E-state index is 12.5. The molecule has 116 valence electrons. The van der Waals surface area contributed by atoms with Crippen molar-refractivity contribution in [1.82, 2.24) is 10.0 Å². The zero-order valence-electron chi connectivity index (χ0n) is 12.1. The molecule has 1 aromatic rings. The maximum Gasteiger partial charge on any atom is 0.339 e. The number of rotatable bonds is 4. The van der Waals surface area contributed by atoms with Gasteiger partial charge in [-0.05, 0) is 38.4 Å². The van der Waals surface area contributed by atoms with E-state index in [1.165, 1.54) is 19.2 Å². The number of hydrogen-bond acceptors (Lipinski definition) is 5. The van der Waals surface area contributed by atoms with Crippen LogP contribution in [0.15, 0.2) is 29.2 Å². The maximum atomic E-state index is 12.5. The minimum absolute atomic E-state index is 0.0453. The quantitative estimate of drug-likeness (QED) is 0.807. The summed E-state index contributed by atoms with van der Waals surface area (Å²) in [5, 5.41) is 3.24. The first kappa shape index (κ1) is 15.9. The monoisotopic (exact) mass is 312 g/mol. The molecule has 1 saturated heterocycles. The van der Waals surface area contributed by atoms with Gasteiger partial charge in [0.05, 0.1) is 17.6 Å². The fourth-order valence-electron chi connectivity index (χ4n) is 2.45. The van der Waals surface area contributed by atoms with E-state index < -0.39 is 16.0 Å². The molecule has 0 radical (unpaired) electrons. The molecule has 0 bridgehead atoms. The summed E-state index contributed by atoms with van der Waals surface area (Å²) < 4.78 is 32.4. The summed E-state index contributed by atoms with van der Waals surface area (Å²) in [7, 11) is -2.54. The van der Waals surface area contributed by atoms with Gasteiger partial charge in [-0.25, -0.2) is 17.9 Å². The number of benzene rings is 1. The molecule has 0 saturated carbocycles. The summed E-state index contributed by atoms with van der Waals surface area (Å²) in [6.45, 7) is 2.83. The number of methoxy groups -OCH3 is 1. The molecule has 2 N–H and O–H groups in total. The molecular formula is C14H20N2O4S. The largest absolute Gasteiger partial charge is 0.465 e. The van der Waals surface area contributed by atoms with Crippen LogP contribution in [0.3, 0.4) is 0 Å². The Labute approximate surface area is 124 Å². The molecule has 2 rings (SSSR count). The van der Waals surface area contributed by atoms with Crippen LogP contribution in [0.1, 0.15) is 30.1 Å². The van der Waals surface area contributed by atoms with Crippen molar-refractivity contribution in [1.29, 1.82) is 0 Å². The van der Waals surface area contributed by atoms with Crippen molar-refractivity contribution in [3.05, 3.63) is 29.8 Å². The Morgan fingerprint density at radius 2 is 2.10 bits per heavy atom. The number of ether oxygens (including phenoxy) is 1. The summed E-state index contributed by atoms with van der Waals surface area (Å²) in [6, 6.07) is 5.92. The van der Waals surface area contributed by atoms with E-state index in [9.17, 15) is 13.2 Å². The molecule has 0 aromatic heterocycles. The Morgan fingerprint density at radius 3 is 2.76 bits per heavy atom. The summed E-state index contributed by atoms with van der Waals surface area (Å²) in [4.78, 5) is 11.7. The van der Waals surface area contributed by atoms with Crippen molar-refractivity contribution in [2.45, 2.75) is 36.7 Å². The van der Waals surface area contributed by atoms with Gasteiger partial charge in [-0.1, -0.05) is 12.1 Å². The summed E-state index contributed by atoms with van der Waals surface area (Å²) in [6.07, 6.45) is 1.68. The number of piperidine rings is 1. The minimum Gasteiger partial charge on any atom is -0.465 e. The number of hydrogen-bond donors (Lipinski definition) is 2. The molecule has 1 aliphatic heterocycles. The molecule has 1 fully saturated rings. The van der Waals surface area contributed by atoms with Gasteiger partial charge in [-0.2, -0.15) is 0 Å². The molecule has 0 spiro atoms. The molecule has 7 heteroatoms. The zero-order chi connectivity index (χ0) is 15.5. The Hall–Kier alpha value is -1.44. The molecule has 1 heterocycles. The van der Waals surface area contributed by atoms with Gasteiger partial charge in [0.1, 0.15) is 0 Å². The molecule has 21 heavy (non-hydrogen) atoms. The molecule has 2 atom stereocenters. The fraction of sp³-hybridized carbons (Fsp3) is 0.500. The highest BCUT2D eigenvalue weighted by molar-refractivity contribution is 7.89. The average molecular weight is 312 g/mol. The second kappa shape index (κ2) is 6.55. The van der Waals surface area contributed by atoms with E-state index in [1.54, 1.807) is 12.1 Å². The third-order valence-electron chi connectivity index (χ3n) is 3.65. The Bertz CT molecular complexity index is 615. The lowest BCUT2D eigenvalue weighted by molar-refractivity contribution is 0.0596. The van der Waals surface area contributed by atoms with Crippen LogP contribution in [0, 0.1) is 0 Å². The van der Waals surface area contributed by atoms with E-state index >= 15 is 0 Å². The molecule has 1 aliphatic rings. The number of esters is 1. The normalized spacial score (nSPS) is 22.8. The van der Waals surface area contributed by atoms with Gasteiger partial charge in [0, 0.05) is 12.1 Å². The summed E-state index contributed by atoms with van der Waals surface area (Å²) >= 11 is 0. The molecule has 2 unspecified atom stereocenters. The number of carbonyl (C=O) groups is 1. The fourth-order valence-corrected chi connectivity index (χ4v) is 3.99. The van der Waals surface area contributed by atoms with Crippen molar-refractivity contribution >= 4 is 16.0 Å². The summed E-state index contributed by atoms with van der Waals surface area (Å²) in [5.74, 6) is -0.661. The lowest BCUT2D eigenvalue weighted by Gasteiger charge is -2.30. The predicted molar refractivity (Wildman–Crippen MR) is 78.6 cm³/mol. The van der Waals surface area contributed by atoms with Gasteiger partial charge in [0.2, 0.25) is 10.0 Å². The van der Waals surface area contributed by atoms with Gasteiger partial charge < -0.3 is 10.1 Å². The van der Waals surface area contributed by atoms with E-state index in [0.717, 1.165) is 19.4 Å². The van der Waals surface area contributed by atoms with Crippen molar-refractivity contribution in [3.8, 4) is 0 Å². The SMILES string of the molecule is COC(=O)c1ccccc1S(=O)(=O)NC1CCCNC1C. The van der Waals surface area contributed by atoms with Crippen LogP contribution in [-0.4, -0.2) is 40.1 Å². The van der Waals surface area contributed by atoms with Crippen molar-refractivity contribution in [2.24, 2.45) is 0 Å². The van der Waals surface area contributed by atoms with Crippen LogP contribution in [0.2, 0.25) is 0 Å². The van der Waals surface area contributed by atoms with Gasteiger partial charge in [0.15, 0.2) is 0 Å². The first-order valence-electron chi connectivity index (χ1n) is 6.89. The highest BCUT2D eigenvalue weighted by atomic mass is 32.2. The predicted octanol–water partition coefficient (Wildman–Crippen LogP) is 0.892. The van der Waals surface area contributed by atoms with Crippen LogP contribution in [-0.2, 0) is 14.8 Å². The third kappa shape index (κ3) is 3.61. The molecule has 1 aromatic carbocycles. The number of sulfonamides is 1. The Balaban J connectivity index is 2.29. The van der Waals surface area contributed by atoms with E-state index in [1.807, 2.05) is 6.92 Å². The first-order valence-corrected chi connectivity index (χ1v) is 8.37. The Morgan fingerprint density at radius 1 is 1.38 bits per heavy atom. The topological polar surface area (TPSA) is 84.5 Å². The number of carbonyl (C=O) groups excluding carboxylic acids is 1. The third-order valence-corrected chi connectivity index (χ3v) is 5.20. The van der Waals surface area contributed by atoms with E-state index in [2.05, 4.69) is 14.8 Å². The summed E-state index contributed by atoms with van der Waals surface area (Å²) in [5.41, 5.74) is 0.0453. The van der Waals surface area contributed by atoms with Crippen molar-refractivity contribution < 1.29 is 17.9 Å². The van der Waals surface area contributed by atoms with E-state index in [4.69, 9.17) is 0 Å². The number of nitrogens with one attached hydrogen (secondary N) is 2. The van der Waals surface area contributed by atoms with Gasteiger partial charge in [-0.3, -0.25) is 0 Å². The molecule has 0 amide bonds. The van der Waals surface area contributed by atoms with Crippen LogP contribution in [0.25, 0.3) is 0 Å². The lowest BCUT2D eigenvalue weighted by Crippen LogP contribution is -2.51. The second-order valence-corrected chi connectivity index (χ2v) is 6.78. The lowest BCUT2D eigenvalue weighted by atomic mass is 10.0. The van der Waals surface area contributed by atoms with Gasteiger partial charge in [-0.15, -0.1) is 0 Å². The smallest absolute Gasteiger partial charge is 0.339 e. The second-order valence-electron chi connectivity index (χ2n) is 5.10. The molecule has 0 aliphatic carbocycles. The average Bonchev–Trinajstić information content (AvgIpc) is 2.48. The van der Waals surface area contributed by atoms with Crippen LogP contribution in [0.5, 0.6) is 0 Å². The van der Waals surface area contributed by atoms with Crippen molar-refractivity contribution in [3.63, 3.8) is 0 Å². The zero-order valence-corrected chi connectivity index (χ0v) is 12.9. The van der Waals surface area contributed by atoms with E-state index in [0.29, 0.717) is 0 Å². The highest BCUT2D eigenvalue weighted by Gasteiger charge is 2.29. The first-order chi connectivity index (χ1) is 9.95. The van der Waals surface area contributed by atoms with E-state index in [-0.39, 0.29) is 22.5 Å². The highest BCUT2D eigenvalue weighted by Crippen LogP contribution is 2.19. The van der Waals surface area contributed by atoms with Crippen molar-refractivity contribution in [2.75, 3.05) is 13.7 Å². The molecular weight excluding hydrogens is 292 g/mol. The standard InChI is InChI=1S/C14H20N2O4S/c1-10-12(7-5-9-15-10)16-21(18,19)13-8-4-3-6-11(13)14(17)20-2/h3-4,6,8,10,12,15-16H,5,7,9H2,1-2H3. The van der Waals surface area contributed by atoms with Crippen LogP contribution < -0.4 is 10.0 Å². The minimum atomic E-state index is -3.77. The van der Waals surface area contributed by atoms with Crippen LogP contribution in [0.4, 0.5) is 0 Å².